The maximum absolute atomic E-state index is 12.9. The summed E-state index contributed by atoms with van der Waals surface area (Å²) in [5.41, 5.74) is 1.39. The molecule has 0 aliphatic rings. The summed E-state index contributed by atoms with van der Waals surface area (Å²) >= 11 is 1.33. The molecule has 0 fully saturated rings. The standard InChI is InChI=1S/C17H12FNO2S/c18-12-6-4-11(5-7-12)15-8-9-16(22-15)17(21)19-13-2-1-3-14(20)10-13/h1-10,20H,(H,19,21). The van der Waals surface area contributed by atoms with Gasteiger partial charge in [-0.25, -0.2) is 4.39 Å². The normalized spacial score (nSPS) is 10.4. The molecular formula is C17H12FNO2S. The second-order valence-electron chi connectivity index (χ2n) is 4.68. The van der Waals surface area contributed by atoms with Crippen LogP contribution in [0, 0.1) is 5.82 Å². The van der Waals surface area contributed by atoms with Crippen molar-refractivity contribution < 1.29 is 14.3 Å². The molecule has 0 bridgehead atoms. The summed E-state index contributed by atoms with van der Waals surface area (Å²) in [5, 5.41) is 12.1. The van der Waals surface area contributed by atoms with Gasteiger partial charge in [-0.3, -0.25) is 4.79 Å². The van der Waals surface area contributed by atoms with Gasteiger partial charge in [-0.15, -0.1) is 11.3 Å². The summed E-state index contributed by atoms with van der Waals surface area (Å²) in [6.07, 6.45) is 0. The van der Waals surface area contributed by atoms with E-state index in [2.05, 4.69) is 5.32 Å². The Balaban J connectivity index is 1.78. The second kappa shape index (κ2) is 5.99. The van der Waals surface area contributed by atoms with Gasteiger partial charge in [-0.1, -0.05) is 18.2 Å². The lowest BCUT2D eigenvalue weighted by Gasteiger charge is -2.03. The van der Waals surface area contributed by atoms with Crippen LogP contribution in [-0.2, 0) is 0 Å². The highest BCUT2D eigenvalue weighted by molar-refractivity contribution is 7.17. The second-order valence-corrected chi connectivity index (χ2v) is 5.76. The maximum atomic E-state index is 12.9. The molecule has 1 heterocycles. The predicted octanol–water partition coefficient (Wildman–Crippen LogP) is 4.51. The zero-order valence-corrected chi connectivity index (χ0v) is 12.2. The van der Waals surface area contributed by atoms with Crippen molar-refractivity contribution in [1.29, 1.82) is 0 Å². The van der Waals surface area contributed by atoms with E-state index in [9.17, 15) is 14.3 Å². The molecule has 0 spiro atoms. The molecule has 0 atom stereocenters. The summed E-state index contributed by atoms with van der Waals surface area (Å²) in [5.74, 6) is -0.442. The van der Waals surface area contributed by atoms with Gasteiger partial charge in [0.05, 0.1) is 4.88 Å². The Morgan fingerprint density at radius 3 is 2.55 bits per heavy atom. The van der Waals surface area contributed by atoms with E-state index >= 15 is 0 Å². The largest absolute Gasteiger partial charge is 0.508 e. The monoisotopic (exact) mass is 313 g/mol. The van der Waals surface area contributed by atoms with Crippen LogP contribution in [-0.4, -0.2) is 11.0 Å². The molecule has 0 saturated heterocycles. The number of rotatable bonds is 3. The average molecular weight is 313 g/mol. The van der Waals surface area contributed by atoms with Gasteiger partial charge < -0.3 is 10.4 Å². The van der Waals surface area contributed by atoms with Gasteiger partial charge in [-0.05, 0) is 42.0 Å². The lowest BCUT2D eigenvalue weighted by Crippen LogP contribution is -2.09. The van der Waals surface area contributed by atoms with E-state index < -0.39 is 0 Å². The van der Waals surface area contributed by atoms with Crippen LogP contribution >= 0.6 is 11.3 Å². The van der Waals surface area contributed by atoms with Crippen molar-refractivity contribution in [2.75, 3.05) is 5.32 Å². The van der Waals surface area contributed by atoms with E-state index in [0.29, 0.717) is 10.6 Å². The van der Waals surface area contributed by atoms with Crippen molar-refractivity contribution in [1.82, 2.24) is 0 Å². The number of anilines is 1. The highest BCUT2D eigenvalue weighted by atomic mass is 32.1. The van der Waals surface area contributed by atoms with E-state index in [1.807, 2.05) is 6.07 Å². The van der Waals surface area contributed by atoms with Crippen molar-refractivity contribution in [3.05, 3.63) is 71.4 Å². The van der Waals surface area contributed by atoms with Gasteiger partial charge in [0.1, 0.15) is 11.6 Å². The first-order chi connectivity index (χ1) is 10.6. The van der Waals surface area contributed by atoms with E-state index in [-0.39, 0.29) is 17.5 Å². The van der Waals surface area contributed by atoms with Gasteiger partial charge >= 0.3 is 0 Å². The minimum Gasteiger partial charge on any atom is -0.508 e. The Labute approximate surface area is 130 Å². The number of carbonyl (C=O) groups is 1. The SMILES string of the molecule is O=C(Nc1cccc(O)c1)c1ccc(-c2ccc(F)cc2)s1. The van der Waals surface area contributed by atoms with Crippen LogP contribution in [0.5, 0.6) is 5.75 Å². The van der Waals surface area contributed by atoms with Gasteiger partial charge in [0.15, 0.2) is 0 Å². The number of carbonyl (C=O) groups excluding carboxylic acids is 1. The molecule has 1 aromatic heterocycles. The number of hydrogen-bond donors (Lipinski definition) is 2. The first kappa shape index (κ1) is 14.3. The van der Waals surface area contributed by atoms with Crippen LogP contribution in [0.15, 0.2) is 60.7 Å². The van der Waals surface area contributed by atoms with Crippen LogP contribution in [0.1, 0.15) is 9.67 Å². The molecule has 0 unspecified atom stereocenters. The average Bonchev–Trinajstić information content (AvgIpc) is 2.98. The van der Waals surface area contributed by atoms with Crippen molar-refractivity contribution >= 4 is 22.9 Å². The zero-order chi connectivity index (χ0) is 15.5. The highest BCUT2D eigenvalue weighted by Crippen LogP contribution is 2.29. The lowest BCUT2D eigenvalue weighted by molar-refractivity contribution is 0.103. The summed E-state index contributed by atoms with van der Waals surface area (Å²) in [6.45, 7) is 0. The lowest BCUT2D eigenvalue weighted by atomic mass is 10.2. The van der Waals surface area contributed by atoms with Gasteiger partial charge in [-0.2, -0.15) is 0 Å². The number of halogens is 1. The van der Waals surface area contributed by atoms with E-state index in [1.165, 1.54) is 35.6 Å². The van der Waals surface area contributed by atoms with Gasteiger partial charge in [0.25, 0.3) is 5.91 Å². The third kappa shape index (κ3) is 3.15. The minimum absolute atomic E-state index is 0.0935. The predicted molar refractivity (Wildman–Crippen MR) is 85.8 cm³/mol. The molecule has 0 aliphatic heterocycles. The van der Waals surface area contributed by atoms with Crippen molar-refractivity contribution in [3.63, 3.8) is 0 Å². The Morgan fingerprint density at radius 1 is 1.05 bits per heavy atom. The molecule has 0 saturated carbocycles. The van der Waals surface area contributed by atoms with Crippen molar-refractivity contribution in [2.24, 2.45) is 0 Å². The Hall–Kier alpha value is -2.66. The molecule has 5 heteroatoms. The van der Waals surface area contributed by atoms with Crippen molar-refractivity contribution in [3.8, 4) is 16.2 Å². The molecule has 110 valence electrons. The third-order valence-electron chi connectivity index (χ3n) is 3.06. The quantitative estimate of drug-likeness (QED) is 0.747. The third-order valence-corrected chi connectivity index (χ3v) is 4.20. The molecule has 3 aromatic rings. The fourth-order valence-corrected chi connectivity index (χ4v) is 2.91. The molecule has 2 N–H and O–H groups in total. The number of aromatic hydroxyl groups is 1. The summed E-state index contributed by atoms with van der Waals surface area (Å²) in [7, 11) is 0. The number of benzene rings is 2. The molecule has 1 amide bonds. The number of hydrogen-bond acceptors (Lipinski definition) is 3. The number of thiophene rings is 1. The first-order valence-electron chi connectivity index (χ1n) is 6.58. The summed E-state index contributed by atoms with van der Waals surface area (Å²) < 4.78 is 12.9. The topological polar surface area (TPSA) is 49.3 Å². The fraction of sp³-hybridized carbons (Fsp3) is 0. The minimum atomic E-state index is -0.290. The van der Waals surface area contributed by atoms with Gasteiger partial charge in [0, 0.05) is 16.6 Å². The maximum Gasteiger partial charge on any atom is 0.265 e. The zero-order valence-electron chi connectivity index (χ0n) is 11.4. The Kier molecular flexibility index (Phi) is 3.89. The molecule has 22 heavy (non-hydrogen) atoms. The van der Waals surface area contributed by atoms with Gasteiger partial charge in [0.2, 0.25) is 0 Å². The van der Waals surface area contributed by atoms with Crippen LogP contribution in [0.3, 0.4) is 0 Å². The van der Waals surface area contributed by atoms with E-state index in [0.717, 1.165) is 10.4 Å². The summed E-state index contributed by atoms with van der Waals surface area (Å²) in [6, 6.07) is 16.1. The smallest absolute Gasteiger partial charge is 0.265 e. The van der Waals surface area contributed by atoms with Crippen LogP contribution in [0.25, 0.3) is 10.4 Å². The number of phenolic OH excluding ortho intramolecular Hbond substituents is 1. The Morgan fingerprint density at radius 2 is 1.82 bits per heavy atom. The summed E-state index contributed by atoms with van der Waals surface area (Å²) in [4.78, 5) is 13.6. The first-order valence-corrected chi connectivity index (χ1v) is 7.39. The van der Waals surface area contributed by atoms with Crippen LogP contribution < -0.4 is 5.32 Å². The van der Waals surface area contributed by atoms with Crippen LogP contribution in [0.4, 0.5) is 10.1 Å². The fourth-order valence-electron chi connectivity index (χ4n) is 2.01. The molecule has 2 aromatic carbocycles. The Bertz CT molecular complexity index is 812. The molecule has 0 aliphatic carbocycles. The molecular weight excluding hydrogens is 301 g/mol. The number of amides is 1. The van der Waals surface area contributed by atoms with Crippen LogP contribution in [0.2, 0.25) is 0 Å². The molecule has 0 radical (unpaired) electrons. The highest BCUT2D eigenvalue weighted by Gasteiger charge is 2.11. The van der Waals surface area contributed by atoms with E-state index in [1.54, 1.807) is 30.3 Å². The number of phenols is 1. The molecule has 3 nitrogen and oxygen atoms in total. The number of nitrogens with one attached hydrogen (secondary N) is 1. The van der Waals surface area contributed by atoms with Crippen molar-refractivity contribution in [2.45, 2.75) is 0 Å². The van der Waals surface area contributed by atoms with E-state index in [4.69, 9.17) is 0 Å². The molecule has 3 rings (SSSR count).